The fourth-order valence-corrected chi connectivity index (χ4v) is 2.60. The molecule has 0 atom stereocenters. The molecule has 0 unspecified atom stereocenters. The predicted octanol–water partition coefficient (Wildman–Crippen LogP) is 2.49. The van der Waals surface area contributed by atoms with Gasteiger partial charge in [0.15, 0.2) is 10.8 Å². The highest BCUT2D eigenvalue weighted by molar-refractivity contribution is 7.98. The number of fused-ring (bicyclic) bond motifs is 1. The molecule has 1 N–H and O–H groups in total. The summed E-state index contributed by atoms with van der Waals surface area (Å²) < 4.78 is 4.82. The number of benzene rings is 1. The van der Waals surface area contributed by atoms with Gasteiger partial charge in [0, 0.05) is 5.56 Å². The summed E-state index contributed by atoms with van der Waals surface area (Å²) in [5.41, 5.74) is 1.38. The molecule has 7 heteroatoms. The molecule has 2 heterocycles. The number of carbonyl (C=O) groups is 1. The van der Waals surface area contributed by atoms with E-state index in [2.05, 4.69) is 15.0 Å². The third-order valence-electron chi connectivity index (χ3n) is 3.32. The number of nitrogens with one attached hydrogen (secondary N) is 1. The lowest BCUT2D eigenvalue weighted by Gasteiger charge is -2.09. The summed E-state index contributed by atoms with van der Waals surface area (Å²) in [6.45, 7) is 0. The molecule has 2 aromatic heterocycles. The Morgan fingerprint density at radius 2 is 1.96 bits per heavy atom. The number of pyridine rings is 1. The zero-order valence-electron chi connectivity index (χ0n) is 12.5. The van der Waals surface area contributed by atoms with Crippen LogP contribution in [0.15, 0.2) is 46.3 Å². The number of nitrogens with zero attached hydrogens (tertiary/aromatic N) is 2. The maximum atomic E-state index is 12.2. The molecular formula is C16H13N3O3S. The summed E-state index contributed by atoms with van der Waals surface area (Å²) in [5.74, 6) is -0.549. The molecule has 0 saturated carbocycles. The highest BCUT2D eigenvalue weighted by Gasteiger charge is 2.18. The van der Waals surface area contributed by atoms with Gasteiger partial charge in [-0.25, -0.2) is 14.8 Å². The molecule has 0 aliphatic rings. The fourth-order valence-electron chi connectivity index (χ4n) is 2.22. The molecule has 23 heavy (non-hydrogen) atoms. The summed E-state index contributed by atoms with van der Waals surface area (Å²) >= 11 is 1.32. The van der Waals surface area contributed by atoms with Crippen LogP contribution in [0.4, 0.5) is 0 Å². The fraction of sp³-hybridized carbons (Fsp3) is 0.125. The van der Waals surface area contributed by atoms with Crippen molar-refractivity contribution in [2.24, 2.45) is 0 Å². The van der Waals surface area contributed by atoms with Gasteiger partial charge in [-0.2, -0.15) is 0 Å². The molecule has 6 nitrogen and oxygen atoms in total. The number of hydrogen-bond acceptors (Lipinski definition) is 6. The van der Waals surface area contributed by atoms with E-state index in [4.69, 9.17) is 4.74 Å². The maximum Gasteiger partial charge on any atom is 0.340 e. The quantitative estimate of drug-likeness (QED) is 0.452. The number of thioether (sulfide) groups is 1. The summed E-state index contributed by atoms with van der Waals surface area (Å²) in [6, 6.07) is 10.7. The number of aromatic nitrogens is 3. The van der Waals surface area contributed by atoms with Gasteiger partial charge in [0.05, 0.1) is 23.8 Å². The van der Waals surface area contributed by atoms with Gasteiger partial charge in [-0.1, -0.05) is 42.1 Å². The zero-order valence-corrected chi connectivity index (χ0v) is 13.3. The first-order valence-electron chi connectivity index (χ1n) is 6.77. The Hall–Kier alpha value is -2.67. The lowest BCUT2D eigenvalue weighted by molar-refractivity contribution is 0.0601. The summed E-state index contributed by atoms with van der Waals surface area (Å²) in [7, 11) is 1.29. The molecular weight excluding hydrogens is 314 g/mol. The van der Waals surface area contributed by atoms with Crippen molar-refractivity contribution in [1.29, 1.82) is 0 Å². The summed E-state index contributed by atoms with van der Waals surface area (Å²) in [5, 5.41) is 0.725. The molecule has 116 valence electrons. The predicted molar refractivity (Wildman–Crippen MR) is 88.7 cm³/mol. The summed E-state index contributed by atoms with van der Waals surface area (Å²) in [4.78, 5) is 35.7. The first kappa shape index (κ1) is 15.2. The second kappa shape index (κ2) is 6.21. The number of carbonyl (C=O) groups excluding carboxylic acids is 1. The van der Waals surface area contributed by atoms with Crippen LogP contribution in [0.3, 0.4) is 0 Å². The van der Waals surface area contributed by atoms with Gasteiger partial charge in [-0.3, -0.25) is 4.79 Å². The van der Waals surface area contributed by atoms with Crippen LogP contribution in [-0.4, -0.2) is 34.3 Å². The molecule has 1 aromatic carbocycles. The number of hydrogen-bond donors (Lipinski definition) is 1. The number of ether oxygens (including phenoxy) is 1. The minimum atomic E-state index is -0.549. The van der Waals surface area contributed by atoms with Crippen molar-refractivity contribution in [3.8, 4) is 11.3 Å². The van der Waals surface area contributed by atoms with E-state index in [0.717, 1.165) is 5.56 Å². The average molecular weight is 327 g/mol. The van der Waals surface area contributed by atoms with Crippen molar-refractivity contribution >= 4 is 28.8 Å². The molecule has 0 bridgehead atoms. The lowest BCUT2D eigenvalue weighted by atomic mass is 10.0. The Labute approximate surface area is 135 Å². The van der Waals surface area contributed by atoms with Crippen molar-refractivity contribution in [2.75, 3.05) is 13.4 Å². The molecule has 0 radical (unpaired) electrons. The zero-order chi connectivity index (χ0) is 16.4. The Balaban J connectivity index is 2.36. The standard InChI is InChI=1S/C16H13N3O3S/c1-22-15(21)10-8-11-13(18-16(23-2)19-14(11)20)17-12(10)9-6-4-3-5-7-9/h3-8H,1-2H3,(H,17,18,19,20). The summed E-state index contributed by atoms with van der Waals surface area (Å²) in [6.07, 6.45) is 1.81. The van der Waals surface area contributed by atoms with Crippen LogP contribution in [-0.2, 0) is 4.74 Å². The Bertz CT molecular complexity index is 938. The van der Waals surface area contributed by atoms with Crippen molar-refractivity contribution in [3.63, 3.8) is 0 Å². The van der Waals surface area contributed by atoms with Crippen molar-refractivity contribution in [1.82, 2.24) is 15.0 Å². The van der Waals surface area contributed by atoms with Gasteiger partial charge in [-0.05, 0) is 12.3 Å². The van der Waals surface area contributed by atoms with Crippen molar-refractivity contribution in [2.45, 2.75) is 5.16 Å². The van der Waals surface area contributed by atoms with Crippen LogP contribution in [0.2, 0.25) is 0 Å². The third-order valence-corrected chi connectivity index (χ3v) is 3.90. The van der Waals surface area contributed by atoms with Crippen LogP contribution in [0.25, 0.3) is 22.3 Å². The molecule has 0 saturated heterocycles. The largest absolute Gasteiger partial charge is 0.465 e. The molecule has 0 fully saturated rings. The minimum absolute atomic E-state index is 0.232. The molecule has 0 spiro atoms. The molecule has 0 aliphatic carbocycles. The number of esters is 1. The monoisotopic (exact) mass is 327 g/mol. The second-order valence-corrected chi connectivity index (χ2v) is 5.48. The van der Waals surface area contributed by atoms with E-state index in [-0.39, 0.29) is 16.5 Å². The number of rotatable bonds is 3. The third kappa shape index (κ3) is 2.83. The van der Waals surface area contributed by atoms with Gasteiger partial charge >= 0.3 is 5.97 Å². The van der Waals surface area contributed by atoms with E-state index in [1.54, 1.807) is 0 Å². The van der Waals surface area contributed by atoms with Crippen LogP contribution >= 0.6 is 11.8 Å². The van der Waals surface area contributed by atoms with Gasteiger partial charge in [0.1, 0.15) is 0 Å². The van der Waals surface area contributed by atoms with Crippen LogP contribution in [0.5, 0.6) is 0 Å². The molecule has 0 aliphatic heterocycles. The van der Waals surface area contributed by atoms with E-state index in [0.29, 0.717) is 16.5 Å². The Morgan fingerprint density at radius 3 is 2.61 bits per heavy atom. The van der Waals surface area contributed by atoms with E-state index in [1.807, 2.05) is 36.6 Å². The van der Waals surface area contributed by atoms with Gasteiger partial charge in [0.25, 0.3) is 5.56 Å². The van der Waals surface area contributed by atoms with Crippen LogP contribution < -0.4 is 5.56 Å². The number of H-pyrrole nitrogens is 1. The van der Waals surface area contributed by atoms with Crippen LogP contribution in [0.1, 0.15) is 10.4 Å². The topological polar surface area (TPSA) is 84.9 Å². The SMILES string of the molecule is COC(=O)c1cc2c(=O)[nH]c(SC)nc2nc1-c1ccccc1. The van der Waals surface area contributed by atoms with Crippen LogP contribution in [0, 0.1) is 0 Å². The van der Waals surface area contributed by atoms with Gasteiger partial charge in [-0.15, -0.1) is 0 Å². The smallest absolute Gasteiger partial charge is 0.340 e. The van der Waals surface area contributed by atoms with E-state index in [9.17, 15) is 9.59 Å². The number of methoxy groups -OCH3 is 1. The van der Waals surface area contributed by atoms with E-state index >= 15 is 0 Å². The maximum absolute atomic E-state index is 12.2. The van der Waals surface area contributed by atoms with Crippen molar-refractivity contribution in [3.05, 3.63) is 52.3 Å². The van der Waals surface area contributed by atoms with Gasteiger partial charge in [0.2, 0.25) is 0 Å². The lowest BCUT2D eigenvalue weighted by Crippen LogP contribution is -2.13. The molecule has 3 rings (SSSR count). The van der Waals surface area contributed by atoms with E-state index < -0.39 is 5.97 Å². The Kier molecular flexibility index (Phi) is 4.12. The van der Waals surface area contributed by atoms with Gasteiger partial charge < -0.3 is 9.72 Å². The minimum Gasteiger partial charge on any atom is -0.465 e. The average Bonchev–Trinajstić information content (AvgIpc) is 2.60. The Morgan fingerprint density at radius 1 is 1.22 bits per heavy atom. The number of aromatic amines is 1. The molecule has 3 aromatic rings. The second-order valence-electron chi connectivity index (χ2n) is 4.69. The first-order valence-corrected chi connectivity index (χ1v) is 7.99. The normalized spacial score (nSPS) is 10.7. The highest BCUT2D eigenvalue weighted by atomic mass is 32.2. The first-order chi connectivity index (χ1) is 11.1. The van der Waals surface area contributed by atoms with E-state index in [1.165, 1.54) is 24.9 Å². The highest BCUT2D eigenvalue weighted by Crippen LogP contribution is 2.25. The molecule has 0 amide bonds. The van der Waals surface area contributed by atoms with Crippen molar-refractivity contribution < 1.29 is 9.53 Å².